The lowest BCUT2D eigenvalue weighted by Gasteiger charge is -2.35. The van der Waals surface area contributed by atoms with Gasteiger partial charge in [-0.3, -0.25) is 9.59 Å². The largest absolute Gasteiger partial charge is 0.363 e. The summed E-state index contributed by atoms with van der Waals surface area (Å²) in [6.07, 6.45) is 8.25. The van der Waals surface area contributed by atoms with Crippen LogP contribution in [0.5, 0.6) is 0 Å². The van der Waals surface area contributed by atoms with E-state index in [0.717, 1.165) is 94.5 Å². The number of hydrogen-bond donors (Lipinski definition) is 3. The monoisotopic (exact) mass is 699 g/mol. The second kappa shape index (κ2) is 14.1. The average Bonchev–Trinajstić information content (AvgIpc) is 3.90. The molecular weight excluding hydrogens is 651 g/mol. The number of carbonyl (C=O) groups is 3. The minimum Gasteiger partial charge on any atom is -0.363 e. The first-order valence-corrected chi connectivity index (χ1v) is 18.5. The number of amides is 3. The molecular formula is C42H49N7O3. The molecule has 10 nitrogen and oxygen atoms in total. The molecule has 3 N–H and O–H groups in total. The smallest absolute Gasteiger partial charge is 0.318 e. The average molecular weight is 700 g/mol. The predicted molar refractivity (Wildman–Crippen MR) is 205 cm³/mol. The maximum absolute atomic E-state index is 13.8. The third kappa shape index (κ3) is 7.11. The van der Waals surface area contributed by atoms with E-state index in [-0.39, 0.29) is 41.3 Å². The molecule has 7 rings (SSSR count). The lowest BCUT2D eigenvalue weighted by molar-refractivity contribution is -0.120. The Labute approximate surface area is 305 Å². The van der Waals surface area contributed by atoms with Gasteiger partial charge in [0.25, 0.3) is 0 Å². The predicted octanol–water partition coefficient (Wildman–Crippen LogP) is 8.17. The van der Waals surface area contributed by atoms with Gasteiger partial charge in [0.2, 0.25) is 5.91 Å². The van der Waals surface area contributed by atoms with Gasteiger partial charge >= 0.3 is 6.03 Å². The van der Waals surface area contributed by atoms with E-state index in [2.05, 4.69) is 73.5 Å². The highest BCUT2D eigenvalue weighted by Gasteiger charge is 2.37. The number of nitrogens with one attached hydrogen (secondary N) is 3. The fourth-order valence-electron chi connectivity index (χ4n) is 7.88. The Bertz CT molecular complexity index is 2070. The van der Waals surface area contributed by atoms with E-state index >= 15 is 0 Å². The molecule has 2 aliphatic heterocycles. The van der Waals surface area contributed by atoms with Gasteiger partial charge in [-0.15, -0.1) is 0 Å². The molecule has 2 saturated heterocycles. The molecule has 4 heterocycles. The minimum atomic E-state index is -0.354. The molecule has 10 heteroatoms. The molecule has 3 atom stereocenters. The van der Waals surface area contributed by atoms with Gasteiger partial charge in [-0.05, 0) is 107 Å². The van der Waals surface area contributed by atoms with Crippen molar-refractivity contribution >= 4 is 34.3 Å². The molecule has 52 heavy (non-hydrogen) atoms. The van der Waals surface area contributed by atoms with Crippen molar-refractivity contribution in [3.8, 4) is 22.4 Å². The molecule has 1 aliphatic carbocycles. The summed E-state index contributed by atoms with van der Waals surface area (Å²) in [5.41, 5.74) is 6.51. The summed E-state index contributed by atoms with van der Waals surface area (Å²) < 4.78 is 0. The standard InChI is InChI=1S/C42H49N7O3/c1-25(2)31-22-36(26(3)37(50)23-31)48-19-8-10-35(48)40(51)46-38-32-16-15-29(21-30(32)17-18-43-38)27-11-13-28(14-12-27)33-24-44-39(45-33)34-9-7-20-49(34)41(52)47-42(4,5)6/h11-18,21,24,31,34-35H,1,7-10,19-20,22-23H2,2-6H3,(H,44,45)(H,47,52)(H,43,46,51). The fraction of sp³-hybridized carbons (Fsp3) is 0.405. The number of Topliss-reactive ketones (excluding diaryl/α,β-unsaturated/α-hetero) is 1. The van der Waals surface area contributed by atoms with Gasteiger partial charge in [-0.1, -0.05) is 48.6 Å². The van der Waals surface area contributed by atoms with E-state index in [4.69, 9.17) is 0 Å². The summed E-state index contributed by atoms with van der Waals surface area (Å²) in [5.74, 6) is 1.50. The van der Waals surface area contributed by atoms with Gasteiger partial charge in [0.15, 0.2) is 5.78 Å². The number of benzene rings is 2. The van der Waals surface area contributed by atoms with Crippen molar-refractivity contribution in [2.75, 3.05) is 18.4 Å². The number of imidazole rings is 1. The first kappa shape index (κ1) is 35.2. The van der Waals surface area contributed by atoms with Crippen LogP contribution in [0.4, 0.5) is 10.6 Å². The number of aromatic amines is 1. The Morgan fingerprint density at radius 3 is 2.42 bits per heavy atom. The Morgan fingerprint density at radius 2 is 1.67 bits per heavy atom. The van der Waals surface area contributed by atoms with Crippen molar-refractivity contribution in [1.29, 1.82) is 0 Å². The number of aromatic nitrogens is 3. The van der Waals surface area contributed by atoms with Crippen LogP contribution in [-0.2, 0) is 9.59 Å². The summed E-state index contributed by atoms with van der Waals surface area (Å²) in [4.78, 5) is 56.3. The van der Waals surface area contributed by atoms with Crippen LogP contribution in [0, 0.1) is 5.92 Å². The highest BCUT2D eigenvalue weighted by atomic mass is 16.2. The van der Waals surface area contributed by atoms with Crippen LogP contribution in [0.1, 0.15) is 85.0 Å². The number of hydrogen-bond acceptors (Lipinski definition) is 6. The lowest BCUT2D eigenvalue weighted by atomic mass is 9.82. The molecule has 0 bridgehead atoms. The van der Waals surface area contributed by atoms with E-state index in [1.165, 1.54) is 0 Å². The lowest BCUT2D eigenvalue weighted by Crippen LogP contribution is -2.48. The molecule has 0 spiro atoms. The maximum atomic E-state index is 13.8. The van der Waals surface area contributed by atoms with Gasteiger partial charge in [-0.25, -0.2) is 14.8 Å². The number of H-pyrrole nitrogens is 1. The third-order valence-electron chi connectivity index (χ3n) is 10.8. The molecule has 0 radical (unpaired) electrons. The summed E-state index contributed by atoms with van der Waals surface area (Å²) in [6, 6.07) is 16.0. The van der Waals surface area contributed by atoms with Gasteiger partial charge in [0.05, 0.1) is 17.9 Å². The molecule has 3 unspecified atom stereocenters. The maximum Gasteiger partial charge on any atom is 0.318 e. The van der Waals surface area contributed by atoms with Crippen molar-refractivity contribution in [2.45, 2.75) is 90.8 Å². The Morgan fingerprint density at radius 1 is 0.942 bits per heavy atom. The van der Waals surface area contributed by atoms with Crippen LogP contribution in [0.3, 0.4) is 0 Å². The summed E-state index contributed by atoms with van der Waals surface area (Å²) in [7, 11) is 0. The molecule has 4 aromatic rings. The number of likely N-dealkylation sites (tertiary alicyclic amines) is 2. The summed E-state index contributed by atoms with van der Waals surface area (Å²) in [5, 5.41) is 8.06. The number of carbonyl (C=O) groups excluding carboxylic acids is 3. The van der Waals surface area contributed by atoms with E-state index in [9.17, 15) is 14.4 Å². The number of allylic oxidation sites excluding steroid dienone is 3. The topological polar surface area (TPSA) is 123 Å². The molecule has 2 aromatic heterocycles. The van der Waals surface area contributed by atoms with Crippen LogP contribution in [0.15, 0.2) is 84.3 Å². The number of ketones is 1. The SMILES string of the molecule is C=C(C)C1CC(=O)C(C)=C(N2CCCC2C(=O)Nc2nccc3cc(-c4ccc(-c5cnc(C6CCCN6C(=O)NC(C)(C)C)[nH]5)cc4)ccc23)C1. The molecule has 3 aliphatic rings. The van der Waals surface area contributed by atoms with Gasteiger partial charge in [0, 0.05) is 47.9 Å². The van der Waals surface area contributed by atoms with Crippen molar-refractivity contribution in [3.05, 3.63) is 90.2 Å². The normalized spacial score (nSPS) is 20.9. The van der Waals surface area contributed by atoms with Gasteiger partial charge in [0.1, 0.15) is 17.7 Å². The quantitative estimate of drug-likeness (QED) is 0.167. The Kier molecular flexibility index (Phi) is 9.50. The fourth-order valence-corrected chi connectivity index (χ4v) is 7.88. The number of urea groups is 1. The van der Waals surface area contributed by atoms with Crippen molar-refractivity contribution in [1.82, 2.24) is 30.1 Å². The second-order valence-corrected chi connectivity index (χ2v) is 15.7. The molecule has 3 amide bonds. The highest BCUT2D eigenvalue weighted by molar-refractivity contribution is 6.03. The van der Waals surface area contributed by atoms with E-state index < -0.39 is 0 Å². The summed E-state index contributed by atoms with van der Waals surface area (Å²) >= 11 is 0. The number of fused-ring (bicyclic) bond motifs is 1. The zero-order valence-electron chi connectivity index (χ0n) is 30.9. The highest BCUT2D eigenvalue weighted by Crippen LogP contribution is 2.37. The van der Waals surface area contributed by atoms with Crippen molar-refractivity contribution in [3.63, 3.8) is 0 Å². The number of pyridine rings is 1. The number of anilines is 1. The zero-order chi connectivity index (χ0) is 36.7. The Hall–Kier alpha value is -5.25. The first-order chi connectivity index (χ1) is 24.9. The molecule has 270 valence electrons. The van der Waals surface area contributed by atoms with Gasteiger partial charge in [-0.2, -0.15) is 0 Å². The van der Waals surface area contributed by atoms with E-state index in [1.54, 1.807) is 6.20 Å². The third-order valence-corrected chi connectivity index (χ3v) is 10.8. The van der Waals surface area contributed by atoms with Gasteiger partial charge < -0.3 is 25.4 Å². The van der Waals surface area contributed by atoms with E-state index in [0.29, 0.717) is 18.8 Å². The van der Waals surface area contributed by atoms with Crippen LogP contribution in [0.25, 0.3) is 33.2 Å². The minimum absolute atomic E-state index is 0.0583. The van der Waals surface area contributed by atoms with Crippen LogP contribution in [-0.4, -0.2) is 67.1 Å². The molecule has 2 fully saturated rings. The molecule has 0 saturated carbocycles. The van der Waals surface area contributed by atoms with Crippen molar-refractivity contribution in [2.24, 2.45) is 5.92 Å². The number of nitrogens with zero attached hydrogens (tertiary/aromatic N) is 4. The first-order valence-electron chi connectivity index (χ1n) is 18.5. The summed E-state index contributed by atoms with van der Waals surface area (Å²) in [6.45, 7) is 15.4. The van der Waals surface area contributed by atoms with Crippen LogP contribution >= 0.6 is 0 Å². The second-order valence-electron chi connectivity index (χ2n) is 15.7. The van der Waals surface area contributed by atoms with Crippen LogP contribution in [0.2, 0.25) is 0 Å². The zero-order valence-corrected chi connectivity index (χ0v) is 30.9. The van der Waals surface area contributed by atoms with Crippen LogP contribution < -0.4 is 10.6 Å². The van der Waals surface area contributed by atoms with Crippen molar-refractivity contribution < 1.29 is 14.4 Å². The molecule has 2 aromatic carbocycles. The van der Waals surface area contributed by atoms with E-state index in [1.807, 2.05) is 57.8 Å². The number of rotatable bonds is 7. The Balaban J connectivity index is 1.05.